The number of benzene rings is 1. The Morgan fingerprint density at radius 1 is 0.886 bits per heavy atom. The minimum Gasteiger partial charge on any atom is -0.379 e. The average molecular weight is 501 g/mol. The third kappa shape index (κ3) is 5.92. The van der Waals surface area contributed by atoms with Gasteiger partial charge in [0.1, 0.15) is 5.69 Å². The first-order valence-electron chi connectivity index (χ1n) is 12.2. The lowest BCUT2D eigenvalue weighted by atomic mass is 10.2. The molecule has 0 bridgehead atoms. The summed E-state index contributed by atoms with van der Waals surface area (Å²) in [5.74, 6) is -0.0414. The molecule has 1 aromatic carbocycles. The molecule has 2 aromatic rings. The van der Waals surface area contributed by atoms with Crippen LogP contribution in [0, 0.1) is 0 Å². The van der Waals surface area contributed by atoms with Gasteiger partial charge in [-0.2, -0.15) is 0 Å². The molecule has 2 amide bonds. The van der Waals surface area contributed by atoms with Crippen molar-refractivity contribution in [2.75, 3.05) is 100 Å². The van der Waals surface area contributed by atoms with E-state index < -0.39 is 0 Å². The Morgan fingerprint density at radius 3 is 2.31 bits per heavy atom. The van der Waals surface area contributed by atoms with Gasteiger partial charge in [-0.1, -0.05) is 12.1 Å². The highest BCUT2D eigenvalue weighted by molar-refractivity contribution is 7.14. The van der Waals surface area contributed by atoms with Crippen LogP contribution in [0.2, 0.25) is 0 Å². The van der Waals surface area contributed by atoms with Crippen LogP contribution in [0.1, 0.15) is 10.5 Å². The fourth-order valence-electron chi connectivity index (χ4n) is 4.56. The number of anilines is 3. The van der Waals surface area contributed by atoms with Crippen molar-refractivity contribution in [3.8, 4) is 0 Å². The molecule has 35 heavy (non-hydrogen) atoms. The minimum atomic E-state index is -0.215. The van der Waals surface area contributed by atoms with Gasteiger partial charge in [-0.3, -0.25) is 14.5 Å². The quantitative estimate of drug-likeness (QED) is 0.633. The highest BCUT2D eigenvalue weighted by atomic mass is 32.1. The molecule has 0 aliphatic carbocycles. The van der Waals surface area contributed by atoms with E-state index >= 15 is 0 Å². The van der Waals surface area contributed by atoms with Gasteiger partial charge in [0.2, 0.25) is 5.91 Å². The zero-order chi connectivity index (χ0) is 24.0. The van der Waals surface area contributed by atoms with E-state index in [9.17, 15) is 9.59 Å². The molecule has 4 heterocycles. The molecule has 0 radical (unpaired) electrons. The second-order valence-electron chi connectivity index (χ2n) is 8.84. The normalized spacial score (nSPS) is 19.6. The molecule has 1 N–H and O–H groups in total. The highest BCUT2D eigenvalue weighted by Crippen LogP contribution is 2.28. The Labute approximate surface area is 209 Å². The number of hydrogen-bond acceptors (Lipinski definition) is 9. The number of thiazole rings is 1. The van der Waals surface area contributed by atoms with Crippen LogP contribution in [-0.4, -0.2) is 112 Å². The standard InChI is InChI=1S/C24H32N6O4S/c31-22(17-27-9-13-33-14-10-27)29-7-5-28(6-8-29)21-4-2-1-3-19(21)25-23(32)20-18-35-24(26-20)30-11-15-34-16-12-30/h1-4,18H,5-17H2,(H,25,32). The van der Waals surface area contributed by atoms with Crippen LogP contribution in [0.25, 0.3) is 0 Å². The summed E-state index contributed by atoms with van der Waals surface area (Å²) in [6.07, 6.45) is 0. The second-order valence-corrected chi connectivity index (χ2v) is 9.68. The maximum absolute atomic E-state index is 13.0. The minimum absolute atomic E-state index is 0.174. The average Bonchev–Trinajstić information content (AvgIpc) is 3.41. The van der Waals surface area contributed by atoms with E-state index in [2.05, 4.69) is 25.0 Å². The molecule has 3 aliphatic rings. The Morgan fingerprint density at radius 2 is 1.57 bits per heavy atom. The van der Waals surface area contributed by atoms with Crippen LogP contribution < -0.4 is 15.1 Å². The molecule has 3 aliphatic heterocycles. The molecule has 0 unspecified atom stereocenters. The van der Waals surface area contributed by atoms with Crippen molar-refractivity contribution in [3.05, 3.63) is 35.3 Å². The SMILES string of the molecule is O=C(Nc1ccccc1N1CCN(C(=O)CN2CCOCC2)CC1)c1csc(N2CCOCC2)n1. The number of morpholine rings is 2. The van der Waals surface area contributed by atoms with Crippen molar-refractivity contribution < 1.29 is 19.1 Å². The lowest BCUT2D eigenvalue weighted by molar-refractivity contribution is -0.133. The molecular weight excluding hydrogens is 468 g/mol. The van der Waals surface area contributed by atoms with Crippen LogP contribution in [0.5, 0.6) is 0 Å². The molecule has 3 saturated heterocycles. The van der Waals surface area contributed by atoms with Gasteiger partial charge in [0.15, 0.2) is 5.13 Å². The van der Waals surface area contributed by atoms with Gasteiger partial charge in [-0.25, -0.2) is 4.98 Å². The predicted octanol–water partition coefficient (Wildman–Crippen LogP) is 1.21. The van der Waals surface area contributed by atoms with Gasteiger partial charge in [0.25, 0.3) is 5.91 Å². The number of carbonyl (C=O) groups excluding carboxylic acids is 2. The van der Waals surface area contributed by atoms with E-state index in [0.717, 1.165) is 55.8 Å². The first kappa shape index (κ1) is 24.0. The van der Waals surface area contributed by atoms with E-state index in [1.165, 1.54) is 11.3 Å². The largest absolute Gasteiger partial charge is 0.379 e. The number of carbonyl (C=O) groups is 2. The van der Waals surface area contributed by atoms with Crippen molar-refractivity contribution in [1.82, 2.24) is 14.8 Å². The number of amides is 2. The van der Waals surface area contributed by atoms with E-state index in [1.807, 2.05) is 34.5 Å². The smallest absolute Gasteiger partial charge is 0.275 e. The summed E-state index contributed by atoms with van der Waals surface area (Å²) in [4.78, 5) is 38.8. The summed E-state index contributed by atoms with van der Waals surface area (Å²) in [5, 5.41) is 5.71. The molecule has 0 atom stereocenters. The molecule has 188 valence electrons. The summed E-state index contributed by atoms with van der Waals surface area (Å²) in [7, 11) is 0. The number of nitrogens with zero attached hydrogens (tertiary/aromatic N) is 5. The van der Waals surface area contributed by atoms with Gasteiger partial charge in [0.05, 0.1) is 44.3 Å². The first-order chi connectivity index (χ1) is 17.2. The van der Waals surface area contributed by atoms with Crippen molar-refractivity contribution in [3.63, 3.8) is 0 Å². The van der Waals surface area contributed by atoms with E-state index in [1.54, 1.807) is 0 Å². The Hall–Kier alpha value is -2.73. The fraction of sp³-hybridized carbons (Fsp3) is 0.542. The molecule has 3 fully saturated rings. The van der Waals surface area contributed by atoms with Gasteiger partial charge in [-0.15, -0.1) is 11.3 Å². The Bertz CT molecular complexity index is 1010. The van der Waals surface area contributed by atoms with E-state index in [-0.39, 0.29) is 11.8 Å². The summed E-state index contributed by atoms with van der Waals surface area (Å²) in [6, 6.07) is 7.82. The highest BCUT2D eigenvalue weighted by Gasteiger charge is 2.25. The maximum atomic E-state index is 13.0. The third-order valence-corrected chi connectivity index (χ3v) is 7.50. The van der Waals surface area contributed by atoms with Crippen LogP contribution in [-0.2, 0) is 14.3 Å². The Balaban J connectivity index is 1.18. The van der Waals surface area contributed by atoms with Gasteiger partial charge in [0, 0.05) is 57.7 Å². The van der Waals surface area contributed by atoms with Crippen LogP contribution >= 0.6 is 11.3 Å². The number of piperazine rings is 1. The van der Waals surface area contributed by atoms with Crippen molar-refractivity contribution in [2.24, 2.45) is 0 Å². The van der Waals surface area contributed by atoms with Crippen molar-refractivity contribution in [1.29, 1.82) is 0 Å². The number of rotatable bonds is 6. The van der Waals surface area contributed by atoms with E-state index in [0.29, 0.717) is 51.8 Å². The maximum Gasteiger partial charge on any atom is 0.275 e. The third-order valence-electron chi connectivity index (χ3n) is 6.59. The predicted molar refractivity (Wildman–Crippen MR) is 136 cm³/mol. The summed E-state index contributed by atoms with van der Waals surface area (Å²) in [5.41, 5.74) is 2.14. The van der Waals surface area contributed by atoms with Crippen LogP contribution in [0.4, 0.5) is 16.5 Å². The van der Waals surface area contributed by atoms with Gasteiger partial charge in [-0.05, 0) is 12.1 Å². The lowest BCUT2D eigenvalue weighted by Crippen LogP contribution is -2.52. The van der Waals surface area contributed by atoms with Gasteiger partial charge >= 0.3 is 0 Å². The number of ether oxygens (including phenoxy) is 2. The van der Waals surface area contributed by atoms with E-state index in [4.69, 9.17) is 9.47 Å². The summed E-state index contributed by atoms with van der Waals surface area (Å²) >= 11 is 1.48. The Kier molecular flexibility index (Phi) is 7.77. The zero-order valence-electron chi connectivity index (χ0n) is 19.9. The molecule has 5 rings (SSSR count). The van der Waals surface area contributed by atoms with Gasteiger partial charge < -0.3 is 29.5 Å². The number of para-hydroxylation sites is 2. The molecule has 11 heteroatoms. The monoisotopic (exact) mass is 500 g/mol. The topological polar surface area (TPSA) is 90.5 Å². The number of hydrogen-bond donors (Lipinski definition) is 1. The molecule has 0 saturated carbocycles. The molecule has 1 aromatic heterocycles. The van der Waals surface area contributed by atoms with Crippen molar-refractivity contribution in [2.45, 2.75) is 0 Å². The second kappa shape index (κ2) is 11.3. The molecular formula is C24H32N6O4S. The van der Waals surface area contributed by atoms with Crippen LogP contribution in [0.15, 0.2) is 29.6 Å². The number of nitrogens with one attached hydrogen (secondary N) is 1. The first-order valence-corrected chi connectivity index (χ1v) is 13.1. The van der Waals surface area contributed by atoms with Crippen molar-refractivity contribution >= 4 is 39.7 Å². The zero-order valence-corrected chi connectivity index (χ0v) is 20.7. The summed E-state index contributed by atoms with van der Waals surface area (Å²) < 4.78 is 10.8. The van der Waals surface area contributed by atoms with Crippen LogP contribution in [0.3, 0.4) is 0 Å². The number of aromatic nitrogens is 1. The lowest BCUT2D eigenvalue weighted by Gasteiger charge is -2.38. The molecule has 10 nitrogen and oxygen atoms in total. The summed E-state index contributed by atoms with van der Waals surface area (Å²) in [6.45, 7) is 9.18. The fourth-order valence-corrected chi connectivity index (χ4v) is 5.42. The molecule has 0 spiro atoms.